The Bertz CT molecular complexity index is 292. The number of rotatable bonds is 6. The van der Waals surface area contributed by atoms with Crippen LogP contribution in [0.25, 0.3) is 0 Å². The molecule has 1 aliphatic rings. The van der Waals surface area contributed by atoms with Gasteiger partial charge in [0.05, 0.1) is 11.2 Å². The predicted molar refractivity (Wildman–Crippen MR) is 87.0 cm³/mol. The maximum atomic E-state index is 6.25. The highest BCUT2D eigenvalue weighted by Gasteiger charge is 2.45. The Morgan fingerprint density at radius 1 is 1.15 bits per heavy atom. The average molecular weight is 284 g/mol. The molecule has 2 N–H and O–H groups in total. The van der Waals surface area contributed by atoms with Gasteiger partial charge in [0, 0.05) is 25.2 Å². The quantitative estimate of drug-likeness (QED) is 0.812. The van der Waals surface area contributed by atoms with Crippen molar-refractivity contribution in [2.45, 2.75) is 84.5 Å². The van der Waals surface area contributed by atoms with Gasteiger partial charge in [-0.05, 0) is 46.5 Å². The average Bonchev–Trinajstić information content (AvgIpc) is 2.32. The van der Waals surface area contributed by atoms with Gasteiger partial charge in [-0.3, -0.25) is 4.90 Å². The van der Waals surface area contributed by atoms with Gasteiger partial charge in [0.2, 0.25) is 0 Å². The Hall–Kier alpha value is -0.120. The van der Waals surface area contributed by atoms with Crippen molar-refractivity contribution in [3.8, 4) is 0 Å². The Morgan fingerprint density at radius 3 is 2.00 bits per heavy atom. The van der Waals surface area contributed by atoms with Crippen LogP contribution in [-0.2, 0) is 4.74 Å². The van der Waals surface area contributed by atoms with Gasteiger partial charge in [-0.25, -0.2) is 0 Å². The topological polar surface area (TPSA) is 38.5 Å². The zero-order chi connectivity index (χ0) is 15.6. The van der Waals surface area contributed by atoms with Gasteiger partial charge in [-0.15, -0.1) is 0 Å². The molecular weight excluding hydrogens is 248 g/mol. The minimum atomic E-state index is -0.104. The lowest BCUT2D eigenvalue weighted by molar-refractivity contribution is -0.201. The zero-order valence-corrected chi connectivity index (χ0v) is 14.8. The lowest BCUT2D eigenvalue weighted by Crippen LogP contribution is -2.66. The summed E-state index contributed by atoms with van der Waals surface area (Å²) in [6, 6.07) is 0. The molecule has 0 radical (unpaired) electrons. The van der Waals surface area contributed by atoms with Crippen molar-refractivity contribution in [1.29, 1.82) is 0 Å². The molecule has 0 amide bonds. The number of hydrogen-bond donors (Lipinski definition) is 1. The summed E-state index contributed by atoms with van der Waals surface area (Å²) in [4.78, 5) is 2.61. The third-order valence-corrected chi connectivity index (χ3v) is 4.83. The first-order valence-electron chi connectivity index (χ1n) is 8.25. The third-order valence-electron chi connectivity index (χ3n) is 4.83. The molecular formula is C17H36N2O. The van der Waals surface area contributed by atoms with Crippen LogP contribution in [0.2, 0.25) is 0 Å². The molecule has 0 bridgehead atoms. The molecule has 0 aromatic rings. The molecule has 1 rings (SSSR count). The van der Waals surface area contributed by atoms with Crippen LogP contribution in [-0.4, -0.2) is 41.3 Å². The van der Waals surface area contributed by atoms with Crippen LogP contribution in [0.15, 0.2) is 0 Å². The van der Waals surface area contributed by atoms with E-state index < -0.39 is 0 Å². The van der Waals surface area contributed by atoms with Gasteiger partial charge in [0.1, 0.15) is 0 Å². The molecule has 3 nitrogen and oxygen atoms in total. The van der Waals surface area contributed by atoms with Crippen molar-refractivity contribution in [2.24, 2.45) is 11.7 Å². The first kappa shape index (κ1) is 17.9. The molecule has 0 aliphatic carbocycles. The fourth-order valence-corrected chi connectivity index (χ4v) is 3.77. The van der Waals surface area contributed by atoms with E-state index in [4.69, 9.17) is 10.5 Å². The summed E-state index contributed by atoms with van der Waals surface area (Å²) in [5.41, 5.74) is 6.16. The minimum absolute atomic E-state index is 0.104. The number of nitrogens with zero attached hydrogens (tertiary/aromatic N) is 1. The summed E-state index contributed by atoms with van der Waals surface area (Å²) in [6.45, 7) is 18.4. The smallest absolute Gasteiger partial charge is 0.0761 e. The second-order valence-corrected chi connectivity index (χ2v) is 7.98. The molecule has 20 heavy (non-hydrogen) atoms. The van der Waals surface area contributed by atoms with Crippen molar-refractivity contribution in [1.82, 2.24) is 4.90 Å². The molecule has 0 aromatic carbocycles. The Balaban J connectivity index is 3.01. The van der Waals surface area contributed by atoms with Crippen LogP contribution in [0.4, 0.5) is 0 Å². The van der Waals surface area contributed by atoms with Crippen LogP contribution >= 0.6 is 0 Å². The van der Waals surface area contributed by atoms with Gasteiger partial charge < -0.3 is 10.5 Å². The van der Waals surface area contributed by atoms with Crippen LogP contribution in [0, 0.1) is 5.92 Å². The number of ether oxygens (including phenoxy) is 1. The van der Waals surface area contributed by atoms with Gasteiger partial charge in [0.25, 0.3) is 0 Å². The van der Waals surface area contributed by atoms with E-state index >= 15 is 0 Å². The maximum absolute atomic E-state index is 6.25. The highest BCUT2D eigenvalue weighted by molar-refractivity contribution is 5.00. The number of hydrogen-bond acceptors (Lipinski definition) is 3. The normalized spacial score (nSPS) is 27.0. The molecule has 120 valence electrons. The molecule has 1 heterocycles. The van der Waals surface area contributed by atoms with E-state index in [1.165, 1.54) is 12.8 Å². The molecule has 0 spiro atoms. The summed E-state index contributed by atoms with van der Waals surface area (Å²) >= 11 is 0. The van der Waals surface area contributed by atoms with Crippen LogP contribution in [0.5, 0.6) is 0 Å². The monoisotopic (exact) mass is 284 g/mol. The molecule has 0 aromatic heterocycles. The molecule has 1 aliphatic heterocycles. The van der Waals surface area contributed by atoms with E-state index in [1.807, 2.05) is 0 Å². The third kappa shape index (κ3) is 4.19. The predicted octanol–water partition coefficient (Wildman–Crippen LogP) is 3.42. The van der Waals surface area contributed by atoms with Gasteiger partial charge in [-0.2, -0.15) is 0 Å². The maximum Gasteiger partial charge on any atom is 0.0761 e. The van der Waals surface area contributed by atoms with E-state index in [1.54, 1.807) is 0 Å². The zero-order valence-electron chi connectivity index (χ0n) is 14.8. The molecule has 2 atom stereocenters. The van der Waals surface area contributed by atoms with Crippen molar-refractivity contribution in [3.63, 3.8) is 0 Å². The second kappa shape index (κ2) is 6.33. The fourth-order valence-electron chi connectivity index (χ4n) is 3.77. The summed E-state index contributed by atoms with van der Waals surface area (Å²) in [6.07, 6.45) is 3.52. The lowest BCUT2D eigenvalue weighted by atomic mass is 9.80. The Labute approximate surface area is 126 Å². The van der Waals surface area contributed by atoms with Crippen molar-refractivity contribution in [3.05, 3.63) is 0 Å². The van der Waals surface area contributed by atoms with Crippen molar-refractivity contribution >= 4 is 0 Å². The second-order valence-electron chi connectivity index (χ2n) is 7.98. The summed E-state index contributed by atoms with van der Waals surface area (Å²) in [5, 5.41) is 0. The Kier molecular flexibility index (Phi) is 5.67. The highest BCUT2D eigenvalue weighted by Crippen LogP contribution is 2.36. The van der Waals surface area contributed by atoms with Gasteiger partial charge in [0.15, 0.2) is 0 Å². The van der Waals surface area contributed by atoms with Crippen molar-refractivity contribution < 1.29 is 4.74 Å². The van der Waals surface area contributed by atoms with Crippen LogP contribution in [0.3, 0.4) is 0 Å². The van der Waals surface area contributed by atoms with Crippen LogP contribution < -0.4 is 5.73 Å². The molecule has 3 heteroatoms. The first-order valence-corrected chi connectivity index (χ1v) is 8.25. The minimum Gasteiger partial charge on any atom is -0.367 e. The van der Waals surface area contributed by atoms with E-state index in [9.17, 15) is 0 Å². The van der Waals surface area contributed by atoms with Gasteiger partial charge >= 0.3 is 0 Å². The largest absolute Gasteiger partial charge is 0.367 e. The fraction of sp³-hybridized carbons (Fsp3) is 1.00. The molecule has 1 fully saturated rings. The first-order chi connectivity index (χ1) is 9.10. The summed E-state index contributed by atoms with van der Waals surface area (Å²) in [7, 11) is 0. The standard InChI is InChI=1S/C17H36N2O/c1-8-14(3)10-17(9-2,11-18)19-12-15(4,5)20-16(6,7)13-19/h14H,8-13,18H2,1-7H3. The lowest BCUT2D eigenvalue weighted by Gasteiger charge is -2.55. The Morgan fingerprint density at radius 2 is 1.65 bits per heavy atom. The molecule has 2 unspecified atom stereocenters. The summed E-state index contributed by atoms with van der Waals surface area (Å²) in [5.74, 6) is 0.715. The summed E-state index contributed by atoms with van der Waals surface area (Å²) < 4.78 is 6.22. The van der Waals surface area contributed by atoms with Gasteiger partial charge in [-0.1, -0.05) is 27.2 Å². The number of morpholine rings is 1. The SMILES string of the molecule is CCC(C)CC(CC)(CN)N1CC(C)(C)OC(C)(C)C1. The highest BCUT2D eigenvalue weighted by atomic mass is 16.5. The number of nitrogens with two attached hydrogens (primary N) is 1. The molecule has 1 saturated heterocycles. The van der Waals surface area contributed by atoms with E-state index in [0.717, 1.165) is 26.1 Å². The van der Waals surface area contributed by atoms with E-state index in [-0.39, 0.29) is 16.7 Å². The van der Waals surface area contributed by atoms with Crippen molar-refractivity contribution in [2.75, 3.05) is 19.6 Å². The van der Waals surface area contributed by atoms with Crippen LogP contribution in [0.1, 0.15) is 67.7 Å². The van der Waals surface area contributed by atoms with E-state index in [0.29, 0.717) is 5.92 Å². The molecule has 0 saturated carbocycles. The van der Waals surface area contributed by atoms with E-state index in [2.05, 4.69) is 53.4 Å².